The molecule has 0 saturated heterocycles. The van der Waals surface area contributed by atoms with Crippen LogP contribution in [0.2, 0.25) is 0 Å². The number of nitrogens with one attached hydrogen (secondary N) is 1. The van der Waals surface area contributed by atoms with E-state index in [0.29, 0.717) is 0 Å². The third-order valence-corrected chi connectivity index (χ3v) is 2.86. The van der Waals surface area contributed by atoms with Crippen LogP contribution in [0.25, 0.3) is 0 Å². The van der Waals surface area contributed by atoms with Crippen LogP contribution in [0.1, 0.15) is 25.5 Å². The Labute approximate surface area is 122 Å². The Morgan fingerprint density at radius 2 is 1.89 bits per heavy atom. The van der Waals surface area contributed by atoms with Crippen LogP contribution >= 0.6 is 15.9 Å². The van der Waals surface area contributed by atoms with E-state index in [-0.39, 0.29) is 12.6 Å². The second kappa shape index (κ2) is 8.67. The maximum atomic E-state index is 9.42. The van der Waals surface area contributed by atoms with Crippen LogP contribution in [0.5, 0.6) is 0 Å². The molecule has 2 rings (SSSR count). The van der Waals surface area contributed by atoms with E-state index in [1.807, 2.05) is 50.2 Å². The first-order valence-electron chi connectivity index (χ1n) is 6.32. The predicted octanol–water partition coefficient (Wildman–Crippen LogP) is 4.02. The van der Waals surface area contributed by atoms with Gasteiger partial charge in [0.05, 0.1) is 24.5 Å². The molecular weight excluding hydrogens is 304 g/mol. The van der Waals surface area contributed by atoms with E-state index in [2.05, 4.69) is 26.2 Å². The smallest absolute Gasteiger partial charge is 0.0745 e. The highest BCUT2D eigenvalue weighted by Crippen LogP contribution is 2.20. The summed E-state index contributed by atoms with van der Waals surface area (Å²) in [6.07, 6.45) is 3.46. The summed E-state index contributed by atoms with van der Waals surface area (Å²) in [5.41, 5.74) is 1.93. The van der Waals surface area contributed by atoms with Gasteiger partial charge in [0.2, 0.25) is 0 Å². The van der Waals surface area contributed by atoms with Gasteiger partial charge in [-0.15, -0.1) is 0 Å². The molecule has 102 valence electrons. The van der Waals surface area contributed by atoms with Gasteiger partial charge in [0, 0.05) is 10.7 Å². The van der Waals surface area contributed by atoms with Crippen molar-refractivity contribution in [2.75, 3.05) is 11.9 Å². The second-order valence-corrected chi connectivity index (χ2v) is 4.60. The summed E-state index contributed by atoms with van der Waals surface area (Å²) < 4.78 is 0.909. The second-order valence-electron chi connectivity index (χ2n) is 3.68. The van der Waals surface area contributed by atoms with Gasteiger partial charge in [-0.1, -0.05) is 44.2 Å². The van der Waals surface area contributed by atoms with Crippen molar-refractivity contribution in [3.05, 3.63) is 58.8 Å². The van der Waals surface area contributed by atoms with Crippen molar-refractivity contribution in [1.29, 1.82) is 0 Å². The van der Waals surface area contributed by atoms with E-state index in [1.54, 1.807) is 12.4 Å². The summed E-state index contributed by atoms with van der Waals surface area (Å²) in [5, 5.41) is 12.7. The van der Waals surface area contributed by atoms with Crippen molar-refractivity contribution in [2.24, 2.45) is 0 Å². The fraction of sp³-hybridized carbons (Fsp3) is 0.267. The van der Waals surface area contributed by atoms with Gasteiger partial charge in [-0.3, -0.25) is 4.98 Å². The normalized spacial score (nSPS) is 11.2. The van der Waals surface area contributed by atoms with E-state index in [0.717, 1.165) is 15.7 Å². The van der Waals surface area contributed by atoms with Gasteiger partial charge in [-0.2, -0.15) is 0 Å². The quantitative estimate of drug-likeness (QED) is 0.893. The number of aliphatic hydroxyl groups is 1. The zero-order valence-electron chi connectivity index (χ0n) is 11.2. The van der Waals surface area contributed by atoms with Crippen molar-refractivity contribution < 1.29 is 5.11 Å². The molecule has 1 unspecified atom stereocenters. The average molecular weight is 323 g/mol. The number of pyridine rings is 1. The van der Waals surface area contributed by atoms with Crippen molar-refractivity contribution in [1.82, 2.24) is 4.98 Å². The van der Waals surface area contributed by atoms with Gasteiger partial charge in [-0.05, 0) is 27.6 Å². The summed E-state index contributed by atoms with van der Waals surface area (Å²) >= 11 is 3.37. The topological polar surface area (TPSA) is 45.1 Å². The number of halogens is 1. The molecule has 0 aliphatic carbocycles. The van der Waals surface area contributed by atoms with Crippen LogP contribution in [0.15, 0.2) is 53.3 Å². The number of hydrogen-bond donors (Lipinski definition) is 2. The average Bonchev–Trinajstić information content (AvgIpc) is 2.48. The summed E-state index contributed by atoms with van der Waals surface area (Å²) in [5.74, 6) is 0. The van der Waals surface area contributed by atoms with E-state index in [4.69, 9.17) is 0 Å². The molecule has 0 amide bonds. The molecule has 2 N–H and O–H groups in total. The number of aromatic nitrogens is 1. The highest BCUT2D eigenvalue weighted by atomic mass is 79.9. The first-order valence-corrected chi connectivity index (χ1v) is 7.12. The molecule has 0 aliphatic heterocycles. The fourth-order valence-electron chi connectivity index (χ4n) is 1.61. The number of rotatable bonds is 4. The standard InChI is InChI=1S/C13H13BrN2O.C2H6/c14-11-6-12(8-15-7-11)16-13(9-17)10-4-2-1-3-5-10;1-2/h1-8,13,16-17H,9H2;1-2H3. The van der Waals surface area contributed by atoms with Crippen LogP contribution < -0.4 is 5.32 Å². The van der Waals surface area contributed by atoms with Crippen molar-refractivity contribution in [3.8, 4) is 0 Å². The number of hydrogen-bond acceptors (Lipinski definition) is 3. The van der Waals surface area contributed by atoms with Crippen LogP contribution in [0.4, 0.5) is 5.69 Å². The maximum Gasteiger partial charge on any atom is 0.0745 e. The van der Waals surface area contributed by atoms with E-state index < -0.39 is 0 Å². The first-order chi connectivity index (χ1) is 9.29. The largest absolute Gasteiger partial charge is 0.394 e. The van der Waals surface area contributed by atoms with Crippen molar-refractivity contribution >= 4 is 21.6 Å². The van der Waals surface area contributed by atoms with E-state index in [1.165, 1.54) is 0 Å². The summed E-state index contributed by atoms with van der Waals surface area (Å²) in [4.78, 5) is 4.07. The number of benzene rings is 1. The number of anilines is 1. The van der Waals surface area contributed by atoms with Gasteiger partial charge >= 0.3 is 0 Å². The van der Waals surface area contributed by atoms with Crippen LogP contribution in [0, 0.1) is 0 Å². The van der Waals surface area contributed by atoms with Crippen LogP contribution in [-0.4, -0.2) is 16.7 Å². The zero-order valence-corrected chi connectivity index (χ0v) is 12.8. The lowest BCUT2D eigenvalue weighted by Gasteiger charge is -2.17. The summed E-state index contributed by atoms with van der Waals surface area (Å²) in [6.45, 7) is 4.04. The fourth-order valence-corrected chi connectivity index (χ4v) is 1.98. The lowest BCUT2D eigenvalue weighted by molar-refractivity contribution is 0.276. The molecule has 3 nitrogen and oxygen atoms in total. The minimum absolute atomic E-state index is 0.0382. The number of aliphatic hydroxyl groups excluding tert-OH is 1. The van der Waals surface area contributed by atoms with Gasteiger partial charge < -0.3 is 10.4 Å². The molecule has 2 aromatic rings. The Balaban J connectivity index is 0.000000861. The predicted molar refractivity (Wildman–Crippen MR) is 83.2 cm³/mol. The van der Waals surface area contributed by atoms with Gasteiger partial charge in [-0.25, -0.2) is 0 Å². The molecule has 0 fully saturated rings. The minimum atomic E-state index is -0.118. The summed E-state index contributed by atoms with van der Waals surface area (Å²) in [6, 6.07) is 11.7. The Kier molecular flexibility index (Phi) is 7.15. The van der Waals surface area contributed by atoms with Crippen molar-refractivity contribution in [3.63, 3.8) is 0 Å². The Hall–Kier alpha value is -1.39. The molecule has 1 aromatic carbocycles. The Bertz CT molecular complexity index is 477. The van der Waals surface area contributed by atoms with E-state index >= 15 is 0 Å². The molecule has 4 heteroatoms. The SMILES string of the molecule is CC.OCC(Nc1cncc(Br)c1)c1ccccc1. The molecule has 1 aromatic heterocycles. The third-order valence-electron chi connectivity index (χ3n) is 2.43. The van der Waals surface area contributed by atoms with E-state index in [9.17, 15) is 5.11 Å². The highest BCUT2D eigenvalue weighted by molar-refractivity contribution is 9.10. The molecule has 19 heavy (non-hydrogen) atoms. The van der Waals surface area contributed by atoms with Crippen molar-refractivity contribution in [2.45, 2.75) is 19.9 Å². The molecular formula is C15H19BrN2O. The monoisotopic (exact) mass is 322 g/mol. The Morgan fingerprint density at radius 3 is 2.47 bits per heavy atom. The minimum Gasteiger partial charge on any atom is -0.394 e. The van der Waals surface area contributed by atoms with Gasteiger partial charge in [0.1, 0.15) is 0 Å². The van der Waals surface area contributed by atoms with Crippen LogP contribution in [-0.2, 0) is 0 Å². The molecule has 0 radical (unpaired) electrons. The van der Waals surface area contributed by atoms with Gasteiger partial charge in [0.15, 0.2) is 0 Å². The first kappa shape index (κ1) is 15.7. The number of nitrogens with zero attached hydrogens (tertiary/aromatic N) is 1. The lowest BCUT2D eigenvalue weighted by Crippen LogP contribution is -2.14. The van der Waals surface area contributed by atoms with Crippen LogP contribution in [0.3, 0.4) is 0 Å². The molecule has 0 spiro atoms. The molecule has 0 aliphatic rings. The molecule has 0 bridgehead atoms. The third kappa shape index (κ3) is 5.01. The summed E-state index contributed by atoms with van der Waals surface area (Å²) in [7, 11) is 0. The molecule has 1 heterocycles. The zero-order chi connectivity index (χ0) is 14.1. The van der Waals surface area contributed by atoms with Gasteiger partial charge in [0.25, 0.3) is 0 Å². The lowest BCUT2D eigenvalue weighted by atomic mass is 10.1. The molecule has 0 saturated carbocycles. The highest BCUT2D eigenvalue weighted by Gasteiger charge is 2.09. The maximum absolute atomic E-state index is 9.42. The Morgan fingerprint density at radius 1 is 1.21 bits per heavy atom. The molecule has 1 atom stereocenters.